The van der Waals surface area contributed by atoms with Crippen molar-refractivity contribution >= 4 is 21.9 Å². The van der Waals surface area contributed by atoms with Gasteiger partial charge in [-0.3, -0.25) is 9.59 Å². The quantitative estimate of drug-likeness (QED) is 0.820. The van der Waals surface area contributed by atoms with Gasteiger partial charge in [-0.1, -0.05) is 0 Å². The fraction of sp³-hybridized carbons (Fsp3) is 0.529. The Bertz CT molecular complexity index is 805. The SMILES string of the molecule is COc1ccc(C(=O)N2CCC[C@H](C(=O)O)[C@@H]2C)cc1S(=O)(=O)N(C)C. The maximum absolute atomic E-state index is 12.9. The summed E-state index contributed by atoms with van der Waals surface area (Å²) in [6.07, 6.45) is 1.11. The molecule has 8 nitrogen and oxygen atoms in total. The highest BCUT2D eigenvalue weighted by Crippen LogP contribution is 2.30. The standard InChI is InChI=1S/C17H24N2O6S/c1-11-13(17(21)22)6-5-9-19(11)16(20)12-7-8-14(25-4)15(10-12)26(23,24)18(2)3/h7-8,10-11,13H,5-6,9H2,1-4H3,(H,21,22)/t11-,13-/m0/s1. The Balaban J connectivity index is 2.43. The Morgan fingerprint density at radius 1 is 1.31 bits per heavy atom. The van der Waals surface area contributed by atoms with E-state index in [1.807, 2.05) is 0 Å². The number of aliphatic carboxylic acids is 1. The molecule has 0 aliphatic carbocycles. The molecule has 9 heteroatoms. The van der Waals surface area contributed by atoms with E-state index in [-0.39, 0.29) is 22.1 Å². The lowest BCUT2D eigenvalue weighted by molar-refractivity contribution is -0.144. The van der Waals surface area contributed by atoms with Crippen LogP contribution in [0.4, 0.5) is 0 Å². The van der Waals surface area contributed by atoms with Gasteiger partial charge in [0.05, 0.1) is 13.0 Å². The number of rotatable bonds is 5. The van der Waals surface area contributed by atoms with Crippen molar-refractivity contribution in [1.82, 2.24) is 9.21 Å². The number of carboxylic acids is 1. The number of carboxylic acid groups (broad SMARTS) is 1. The Hall–Kier alpha value is -2.13. The van der Waals surface area contributed by atoms with Gasteiger partial charge in [0, 0.05) is 32.2 Å². The van der Waals surface area contributed by atoms with Crippen molar-refractivity contribution < 1.29 is 27.9 Å². The summed E-state index contributed by atoms with van der Waals surface area (Å²) in [6, 6.07) is 3.75. The van der Waals surface area contributed by atoms with Crippen LogP contribution in [0.25, 0.3) is 0 Å². The Morgan fingerprint density at radius 3 is 2.50 bits per heavy atom. The van der Waals surface area contributed by atoms with Crippen molar-refractivity contribution in [3.63, 3.8) is 0 Å². The summed E-state index contributed by atoms with van der Waals surface area (Å²) in [7, 11) is 0.349. The van der Waals surface area contributed by atoms with Gasteiger partial charge in [0.1, 0.15) is 10.6 Å². The van der Waals surface area contributed by atoms with E-state index >= 15 is 0 Å². The first kappa shape index (κ1) is 20.2. The van der Waals surface area contributed by atoms with Crippen LogP contribution in [0.3, 0.4) is 0 Å². The van der Waals surface area contributed by atoms with Crippen LogP contribution >= 0.6 is 0 Å². The second kappa shape index (κ2) is 7.63. The molecule has 2 atom stereocenters. The van der Waals surface area contributed by atoms with Crippen LogP contribution < -0.4 is 4.74 Å². The second-order valence-corrected chi connectivity index (χ2v) is 8.60. The molecule has 0 bridgehead atoms. The summed E-state index contributed by atoms with van der Waals surface area (Å²) in [5.41, 5.74) is 0.184. The number of likely N-dealkylation sites (tertiary alicyclic amines) is 1. The highest BCUT2D eigenvalue weighted by Gasteiger charge is 2.36. The minimum Gasteiger partial charge on any atom is -0.495 e. The van der Waals surface area contributed by atoms with E-state index in [1.54, 1.807) is 6.92 Å². The number of nitrogens with zero attached hydrogens (tertiary/aromatic N) is 2. The van der Waals surface area contributed by atoms with Crippen LogP contribution in [-0.4, -0.2) is 68.4 Å². The van der Waals surface area contributed by atoms with Gasteiger partial charge in [-0.25, -0.2) is 12.7 Å². The van der Waals surface area contributed by atoms with Gasteiger partial charge < -0.3 is 14.7 Å². The molecule has 0 unspecified atom stereocenters. The zero-order chi connectivity index (χ0) is 19.6. The predicted molar refractivity (Wildman–Crippen MR) is 94.7 cm³/mol. The molecule has 1 aliphatic rings. The summed E-state index contributed by atoms with van der Waals surface area (Å²) in [6.45, 7) is 2.14. The molecule has 1 heterocycles. The monoisotopic (exact) mass is 384 g/mol. The summed E-state index contributed by atoms with van der Waals surface area (Å²) in [5, 5.41) is 9.32. The average Bonchev–Trinajstić information content (AvgIpc) is 2.60. The van der Waals surface area contributed by atoms with E-state index in [2.05, 4.69) is 0 Å². The molecule has 144 valence electrons. The predicted octanol–water partition coefficient (Wildman–Crippen LogP) is 1.27. The third-order valence-electron chi connectivity index (χ3n) is 4.74. The van der Waals surface area contributed by atoms with Crippen molar-refractivity contribution in [2.24, 2.45) is 5.92 Å². The molecule has 0 aromatic heterocycles. The first-order valence-corrected chi connectivity index (χ1v) is 9.69. The van der Waals surface area contributed by atoms with E-state index in [4.69, 9.17) is 4.74 Å². The van der Waals surface area contributed by atoms with Crippen molar-refractivity contribution in [2.45, 2.75) is 30.7 Å². The summed E-state index contributed by atoms with van der Waals surface area (Å²) in [5.74, 6) is -1.80. The highest BCUT2D eigenvalue weighted by molar-refractivity contribution is 7.89. The van der Waals surface area contributed by atoms with E-state index in [0.29, 0.717) is 19.4 Å². The largest absolute Gasteiger partial charge is 0.495 e. The molecule has 0 radical (unpaired) electrons. The highest BCUT2D eigenvalue weighted by atomic mass is 32.2. The molecule has 0 spiro atoms. The molecule has 1 aliphatic heterocycles. The molecule has 1 saturated heterocycles. The third kappa shape index (κ3) is 3.68. The number of piperidine rings is 1. The minimum absolute atomic E-state index is 0.102. The number of hydrogen-bond donors (Lipinski definition) is 1. The van der Waals surface area contributed by atoms with Crippen molar-refractivity contribution in [3.8, 4) is 5.75 Å². The zero-order valence-electron chi connectivity index (χ0n) is 15.3. The molecule has 1 aromatic carbocycles. The average molecular weight is 384 g/mol. The van der Waals surface area contributed by atoms with Crippen LogP contribution in [-0.2, 0) is 14.8 Å². The number of carbonyl (C=O) groups is 2. The number of sulfonamides is 1. The van der Waals surface area contributed by atoms with Gasteiger partial charge in [-0.05, 0) is 38.0 Å². The first-order valence-electron chi connectivity index (χ1n) is 8.25. The number of ether oxygens (including phenoxy) is 1. The second-order valence-electron chi connectivity index (χ2n) is 6.48. The normalized spacial score (nSPS) is 20.9. The third-order valence-corrected chi connectivity index (χ3v) is 6.57. The molecule has 0 saturated carbocycles. The summed E-state index contributed by atoms with van der Waals surface area (Å²) < 4.78 is 31.2. The van der Waals surface area contributed by atoms with Gasteiger partial charge in [0.25, 0.3) is 5.91 Å². The number of amides is 1. The smallest absolute Gasteiger partial charge is 0.308 e. The van der Waals surface area contributed by atoms with E-state index in [9.17, 15) is 23.1 Å². The number of hydrogen-bond acceptors (Lipinski definition) is 5. The van der Waals surface area contributed by atoms with Crippen LogP contribution in [0, 0.1) is 5.92 Å². The van der Waals surface area contributed by atoms with E-state index < -0.39 is 28.0 Å². The van der Waals surface area contributed by atoms with Gasteiger partial charge >= 0.3 is 5.97 Å². The fourth-order valence-corrected chi connectivity index (χ4v) is 4.21. The van der Waals surface area contributed by atoms with Crippen LogP contribution in [0.5, 0.6) is 5.75 Å². The lowest BCUT2D eigenvalue weighted by atomic mass is 9.90. The van der Waals surface area contributed by atoms with E-state index in [1.165, 1.54) is 44.3 Å². The molecule has 1 N–H and O–H groups in total. The number of carbonyl (C=O) groups excluding carboxylic acids is 1. The van der Waals surface area contributed by atoms with Crippen LogP contribution in [0.2, 0.25) is 0 Å². The van der Waals surface area contributed by atoms with Crippen molar-refractivity contribution in [2.75, 3.05) is 27.7 Å². The maximum atomic E-state index is 12.9. The molecular weight excluding hydrogens is 360 g/mol. The van der Waals surface area contributed by atoms with E-state index in [0.717, 1.165) is 4.31 Å². The zero-order valence-corrected chi connectivity index (χ0v) is 16.1. The number of methoxy groups -OCH3 is 1. The Morgan fingerprint density at radius 2 is 1.96 bits per heavy atom. The summed E-state index contributed by atoms with van der Waals surface area (Å²) in [4.78, 5) is 25.7. The Kier molecular flexibility index (Phi) is 5.92. The molecule has 1 fully saturated rings. The van der Waals surface area contributed by atoms with Gasteiger partial charge in [0.15, 0.2) is 0 Å². The molecule has 2 rings (SSSR count). The van der Waals surface area contributed by atoms with Gasteiger partial charge in [-0.15, -0.1) is 0 Å². The fourth-order valence-electron chi connectivity index (χ4n) is 3.13. The minimum atomic E-state index is -3.80. The van der Waals surface area contributed by atoms with Gasteiger partial charge in [-0.2, -0.15) is 0 Å². The van der Waals surface area contributed by atoms with Crippen molar-refractivity contribution in [1.29, 1.82) is 0 Å². The molecule has 26 heavy (non-hydrogen) atoms. The molecule has 1 amide bonds. The number of benzene rings is 1. The lowest BCUT2D eigenvalue weighted by Crippen LogP contribution is -2.49. The van der Waals surface area contributed by atoms with Crippen LogP contribution in [0.1, 0.15) is 30.1 Å². The molecule has 1 aromatic rings. The van der Waals surface area contributed by atoms with Crippen molar-refractivity contribution in [3.05, 3.63) is 23.8 Å². The lowest BCUT2D eigenvalue weighted by Gasteiger charge is -2.37. The first-order chi connectivity index (χ1) is 12.1. The van der Waals surface area contributed by atoms with Gasteiger partial charge in [0.2, 0.25) is 10.0 Å². The van der Waals surface area contributed by atoms with Crippen LogP contribution in [0.15, 0.2) is 23.1 Å². The Labute approximate surface area is 153 Å². The topological polar surface area (TPSA) is 104 Å². The molecular formula is C17H24N2O6S. The maximum Gasteiger partial charge on any atom is 0.308 e. The summed E-state index contributed by atoms with van der Waals surface area (Å²) >= 11 is 0.